The average molecular weight is 230 g/mol. The maximum atomic E-state index is 5.89. The molecule has 0 saturated heterocycles. The second-order valence-corrected chi connectivity index (χ2v) is 3.33. The van der Waals surface area contributed by atoms with E-state index in [1.54, 1.807) is 12.3 Å². The van der Waals surface area contributed by atoms with Crippen LogP contribution in [0.15, 0.2) is 16.9 Å². The quantitative estimate of drug-likeness (QED) is 0.630. The monoisotopic (exact) mass is 229 g/mol. The molecular formula is C7H3BrClN2. The number of aromatic nitrogens is 1. The smallest absolute Gasteiger partial charge is 0.161 e. The molecule has 1 radical (unpaired) electrons. The van der Waals surface area contributed by atoms with Crippen molar-refractivity contribution in [3.8, 4) is 0 Å². The zero-order chi connectivity index (χ0) is 7.84. The van der Waals surface area contributed by atoms with Gasteiger partial charge in [0.1, 0.15) is 4.60 Å². The first kappa shape index (κ1) is 7.13. The van der Waals surface area contributed by atoms with E-state index >= 15 is 0 Å². The van der Waals surface area contributed by atoms with Gasteiger partial charge in [0.2, 0.25) is 0 Å². The predicted octanol–water partition coefficient (Wildman–Crippen LogP) is 2.72. The van der Waals surface area contributed by atoms with E-state index in [2.05, 4.69) is 26.2 Å². The number of rotatable bonds is 0. The molecule has 2 nitrogen and oxygen atoms in total. The molecule has 4 heteroatoms. The maximum Gasteiger partial charge on any atom is 0.161 e. The van der Waals surface area contributed by atoms with Crippen LogP contribution >= 0.6 is 27.5 Å². The normalized spacial score (nSPS) is 12.9. The molecule has 0 spiro atoms. The zero-order valence-corrected chi connectivity index (χ0v) is 7.72. The third-order valence-electron chi connectivity index (χ3n) is 1.39. The van der Waals surface area contributed by atoms with Crippen molar-refractivity contribution in [2.24, 2.45) is 0 Å². The van der Waals surface area contributed by atoms with E-state index in [4.69, 9.17) is 11.6 Å². The SMILES string of the molecule is Clc1cc(Br)nc2c1C=C[N]2. The third-order valence-corrected chi connectivity index (χ3v) is 2.11. The summed E-state index contributed by atoms with van der Waals surface area (Å²) >= 11 is 9.13. The Bertz CT molecular complexity index is 335. The van der Waals surface area contributed by atoms with E-state index in [9.17, 15) is 0 Å². The first-order valence-corrected chi connectivity index (χ1v) is 4.18. The van der Waals surface area contributed by atoms with Gasteiger partial charge in [-0.2, -0.15) is 0 Å². The van der Waals surface area contributed by atoms with Crippen molar-refractivity contribution >= 4 is 39.4 Å². The Kier molecular flexibility index (Phi) is 1.62. The second-order valence-electron chi connectivity index (χ2n) is 2.11. The fraction of sp³-hybridized carbons (Fsp3) is 0. The summed E-state index contributed by atoms with van der Waals surface area (Å²) in [7, 11) is 0. The minimum atomic E-state index is 0.680. The van der Waals surface area contributed by atoms with E-state index in [0.29, 0.717) is 15.4 Å². The van der Waals surface area contributed by atoms with E-state index in [0.717, 1.165) is 5.56 Å². The second kappa shape index (κ2) is 2.50. The van der Waals surface area contributed by atoms with Crippen LogP contribution in [0.1, 0.15) is 5.56 Å². The number of nitrogens with zero attached hydrogens (tertiary/aromatic N) is 2. The highest BCUT2D eigenvalue weighted by Crippen LogP contribution is 2.30. The summed E-state index contributed by atoms with van der Waals surface area (Å²) < 4.78 is 0.716. The van der Waals surface area contributed by atoms with Gasteiger partial charge in [-0.15, -0.1) is 0 Å². The molecule has 0 unspecified atom stereocenters. The van der Waals surface area contributed by atoms with Crippen LogP contribution in [0.2, 0.25) is 5.02 Å². The summed E-state index contributed by atoms with van der Waals surface area (Å²) in [5.74, 6) is 0.685. The van der Waals surface area contributed by atoms with Gasteiger partial charge in [0, 0.05) is 11.8 Å². The Labute approximate surface area is 77.4 Å². The highest BCUT2D eigenvalue weighted by atomic mass is 79.9. The van der Waals surface area contributed by atoms with Gasteiger partial charge in [-0.3, -0.25) is 0 Å². The Hall–Kier alpha value is -0.540. The number of halogens is 2. The highest BCUT2D eigenvalue weighted by Gasteiger charge is 2.11. The van der Waals surface area contributed by atoms with Crippen molar-refractivity contribution in [1.29, 1.82) is 0 Å². The molecule has 1 aliphatic rings. The van der Waals surface area contributed by atoms with Crippen LogP contribution in [-0.4, -0.2) is 4.98 Å². The van der Waals surface area contributed by atoms with E-state index in [1.165, 1.54) is 0 Å². The summed E-state index contributed by atoms with van der Waals surface area (Å²) in [6, 6.07) is 1.76. The minimum absolute atomic E-state index is 0.680. The Morgan fingerprint density at radius 1 is 1.45 bits per heavy atom. The van der Waals surface area contributed by atoms with Gasteiger partial charge in [0.05, 0.1) is 5.02 Å². The van der Waals surface area contributed by atoms with Crippen LogP contribution in [0, 0.1) is 0 Å². The summed E-state index contributed by atoms with van der Waals surface area (Å²) in [5, 5.41) is 4.69. The molecule has 0 N–H and O–H groups in total. The minimum Gasteiger partial charge on any atom is -0.237 e. The molecule has 2 heterocycles. The van der Waals surface area contributed by atoms with Gasteiger partial charge in [-0.1, -0.05) is 11.6 Å². The van der Waals surface area contributed by atoms with Crippen molar-refractivity contribution in [3.63, 3.8) is 0 Å². The molecule has 0 amide bonds. The van der Waals surface area contributed by atoms with Crippen LogP contribution < -0.4 is 5.32 Å². The van der Waals surface area contributed by atoms with Crippen LogP contribution in [0.5, 0.6) is 0 Å². The molecule has 1 aromatic rings. The predicted molar refractivity (Wildman–Crippen MR) is 47.8 cm³/mol. The highest BCUT2D eigenvalue weighted by molar-refractivity contribution is 9.10. The lowest BCUT2D eigenvalue weighted by Gasteiger charge is -1.99. The van der Waals surface area contributed by atoms with Crippen molar-refractivity contribution in [3.05, 3.63) is 27.5 Å². The first-order chi connectivity index (χ1) is 5.27. The Morgan fingerprint density at radius 3 is 3.09 bits per heavy atom. The fourth-order valence-electron chi connectivity index (χ4n) is 0.918. The lowest BCUT2D eigenvalue weighted by molar-refractivity contribution is 1.10. The molecule has 1 aliphatic heterocycles. The topological polar surface area (TPSA) is 27.0 Å². The van der Waals surface area contributed by atoms with Gasteiger partial charge in [-0.05, 0) is 28.1 Å². The van der Waals surface area contributed by atoms with Gasteiger partial charge < -0.3 is 0 Å². The molecule has 0 aliphatic carbocycles. The summed E-state index contributed by atoms with van der Waals surface area (Å²) in [4.78, 5) is 4.12. The van der Waals surface area contributed by atoms with Gasteiger partial charge >= 0.3 is 0 Å². The summed E-state index contributed by atoms with van der Waals surface area (Å²) in [6.07, 6.45) is 3.53. The standard InChI is InChI=1S/C7H3BrClN2/c8-6-3-5(9)4-1-2-10-7(4)11-6/h1-3H. The number of hydrogen-bond acceptors (Lipinski definition) is 1. The third kappa shape index (κ3) is 1.14. The Morgan fingerprint density at radius 2 is 2.27 bits per heavy atom. The molecule has 0 bridgehead atoms. The van der Waals surface area contributed by atoms with Crippen LogP contribution in [-0.2, 0) is 0 Å². The molecule has 0 atom stereocenters. The van der Waals surface area contributed by atoms with Crippen LogP contribution in [0.3, 0.4) is 0 Å². The van der Waals surface area contributed by atoms with Gasteiger partial charge in [-0.25, -0.2) is 10.3 Å². The molecular weight excluding hydrogens is 227 g/mol. The average Bonchev–Trinajstić information content (AvgIpc) is 2.34. The van der Waals surface area contributed by atoms with Gasteiger partial charge in [0.25, 0.3) is 0 Å². The molecule has 2 rings (SSSR count). The van der Waals surface area contributed by atoms with Crippen LogP contribution in [0.4, 0.5) is 5.82 Å². The molecule has 0 fully saturated rings. The summed E-state index contributed by atoms with van der Waals surface area (Å²) in [5.41, 5.74) is 0.898. The first-order valence-electron chi connectivity index (χ1n) is 3.01. The lowest BCUT2D eigenvalue weighted by Crippen LogP contribution is -1.88. The fourth-order valence-corrected chi connectivity index (χ4v) is 1.70. The van der Waals surface area contributed by atoms with E-state index < -0.39 is 0 Å². The molecule has 55 valence electrons. The van der Waals surface area contributed by atoms with Crippen molar-refractivity contribution in [2.75, 3.05) is 0 Å². The maximum absolute atomic E-state index is 5.89. The number of fused-ring (bicyclic) bond motifs is 1. The van der Waals surface area contributed by atoms with Gasteiger partial charge in [0.15, 0.2) is 5.82 Å². The van der Waals surface area contributed by atoms with E-state index in [1.807, 2.05) is 6.08 Å². The van der Waals surface area contributed by atoms with Crippen molar-refractivity contribution < 1.29 is 0 Å². The Balaban J connectivity index is 2.67. The molecule has 11 heavy (non-hydrogen) atoms. The largest absolute Gasteiger partial charge is 0.237 e. The van der Waals surface area contributed by atoms with Crippen LogP contribution in [0.25, 0.3) is 6.08 Å². The number of pyridine rings is 1. The molecule has 0 aromatic carbocycles. The lowest BCUT2D eigenvalue weighted by atomic mass is 10.3. The number of hydrogen-bond donors (Lipinski definition) is 0. The van der Waals surface area contributed by atoms with Crippen molar-refractivity contribution in [1.82, 2.24) is 10.3 Å². The van der Waals surface area contributed by atoms with Crippen molar-refractivity contribution in [2.45, 2.75) is 0 Å². The van der Waals surface area contributed by atoms with E-state index in [-0.39, 0.29) is 0 Å². The molecule has 0 saturated carbocycles. The summed E-state index contributed by atoms with van der Waals surface area (Å²) in [6.45, 7) is 0. The zero-order valence-electron chi connectivity index (χ0n) is 5.38. The molecule has 1 aromatic heterocycles.